The molecule has 20 heteroatoms. The second-order valence-electron chi connectivity index (χ2n) is 22.0. The number of carbonyl (C=O) groups is 4. The molecule has 4 aromatic carbocycles. The standard InChI is InChI=1S/C57H65ClF4N8O7/c1-31-28-68(20-16-36(31)45-39(59)26-38-51(50(45)62)67(4)66-53(38)70-23-17-43(72)65-55(70)75)29-33-14-21-69(22-15-33)54(74)56(3)18-12-35(13-19-56)64-30-57(34-8-6-5-7-9-34)32(2)44-42(77-57)27-40(60)48(58)47(44)46-37(52(63)73)10-11-41(49(46)61)76-25-24-71/h5-11,26-27,31-33,35-36,64,71H,12-25,28-30H2,1-4H3,(H2,63,73)(H,65,72,75)/t31-,32+,35?,36+,56?,57+/m1/s1. The maximum atomic E-state index is 16.5. The van der Waals surface area contributed by atoms with E-state index in [1.54, 1.807) is 7.05 Å². The molecule has 15 nitrogen and oxygen atoms in total. The summed E-state index contributed by atoms with van der Waals surface area (Å²) in [5.74, 6) is -5.11. The number of nitrogens with one attached hydrogen (secondary N) is 2. The Kier molecular flexibility index (Phi) is 15.1. The summed E-state index contributed by atoms with van der Waals surface area (Å²) in [5, 5.41) is 19.5. The van der Waals surface area contributed by atoms with E-state index < -0.39 is 69.7 Å². The van der Waals surface area contributed by atoms with Crippen molar-refractivity contribution in [1.82, 2.24) is 30.2 Å². The average Bonchev–Trinajstić information content (AvgIpc) is 3.88. The Morgan fingerprint density at radius 3 is 2.34 bits per heavy atom. The summed E-state index contributed by atoms with van der Waals surface area (Å²) in [5.41, 5.74) is 4.75. The highest BCUT2D eigenvalue weighted by atomic mass is 35.5. The second-order valence-corrected chi connectivity index (χ2v) is 22.4. The zero-order valence-electron chi connectivity index (χ0n) is 43.7. The number of piperidine rings is 2. The fourth-order valence-corrected chi connectivity index (χ4v) is 13.3. The van der Waals surface area contributed by atoms with E-state index >= 15 is 17.6 Å². The molecule has 5 amide bonds. The van der Waals surface area contributed by atoms with E-state index in [2.05, 4.69) is 27.6 Å². The highest BCUT2D eigenvalue weighted by molar-refractivity contribution is 6.34. The molecule has 10 rings (SSSR count). The maximum absolute atomic E-state index is 16.5. The van der Waals surface area contributed by atoms with Gasteiger partial charge in [-0.2, -0.15) is 5.10 Å². The van der Waals surface area contributed by atoms with Gasteiger partial charge in [-0.05, 0) is 93.0 Å². The van der Waals surface area contributed by atoms with Crippen molar-refractivity contribution in [2.24, 2.45) is 30.0 Å². The van der Waals surface area contributed by atoms with Crippen LogP contribution in [0.2, 0.25) is 5.02 Å². The highest BCUT2D eigenvalue weighted by Gasteiger charge is 2.51. The topological polar surface area (TPSA) is 185 Å². The number of hydrogen-bond acceptors (Lipinski definition) is 10. The Morgan fingerprint density at radius 1 is 0.935 bits per heavy atom. The van der Waals surface area contributed by atoms with Gasteiger partial charge in [0, 0.05) is 98.4 Å². The summed E-state index contributed by atoms with van der Waals surface area (Å²) in [6.07, 6.45) is 5.07. The molecule has 3 saturated heterocycles. The molecule has 0 radical (unpaired) electrons. The number of ether oxygens (including phenoxy) is 2. The van der Waals surface area contributed by atoms with Crippen LogP contribution in [-0.2, 0) is 22.2 Å². The first-order valence-electron chi connectivity index (χ1n) is 26.7. The predicted molar refractivity (Wildman–Crippen MR) is 282 cm³/mol. The number of carbonyl (C=O) groups excluding carboxylic acids is 4. The van der Waals surface area contributed by atoms with Gasteiger partial charge in [0.1, 0.15) is 29.5 Å². The van der Waals surface area contributed by atoms with Gasteiger partial charge in [-0.1, -0.05) is 62.7 Å². The predicted octanol–water partition coefficient (Wildman–Crippen LogP) is 8.66. The number of likely N-dealkylation sites (tertiary alicyclic amines) is 2. The Balaban J connectivity index is 0.758. The molecule has 1 saturated carbocycles. The van der Waals surface area contributed by atoms with E-state index in [1.807, 2.05) is 49.1 Å². The van der Waals surface area contributed by atoms with E-state index in [4.69, 9.17) is 26.8 Å². The van der Waals surface area contributed by atoms with Crippen molar-refractivity contribution in [1.29, 1.82) is 0 Å². The third kappa shape index (κ3) is 9.90. The lowest BCUT2D eigenvalue weighted by Gasteiger charge is -2.44. The summed E-state index contributed by atoms with van der Waals surface area (Å²) < 4.78 is 78.5. The quantitative estimate of drug-likeness (QED) is 0.0785. The molecule has 0 spiro atoms. The van der Waals surface area contributed by atoms with Gasteiger partial charge in [-0.15, -0.1) is 0 Å². The third-order valence-electron chi connectivity index (χ3n) is 17.3. The number of nitrogens with zero attached hydrogens (tertiary/aromatic N) is 5. The van der Waals surface area contributed by atoms with E-state index in [0.29, 0.717) is 69.8 Å². The molecule has 5 N–H and O–H groups in total. The van der Waals surface area contributed by atoms with Crippen molar-refractivity contribution < 1.29 is 51.3 Å². The largest absolute Gasteiger partial charge is 0.488 e. The lowest BCUT2D eigenvalue weighted by atomic mass is 9.72. The summed E-state index contributed by atoms with van der Waals surface area (Å²) in [7, 11) is 1.56. The molecule has 5 aliphatic rings. The number of amides is 5. The normalized spacial score (nSPS) is 25.2. The smallest absolute Gasteiger partial charge is 0.329 e. The number of rotatable bonds is 14. The number of aliphatic hydroxyl groups excluding tert-OH is 1. The van der Waals surface area contributed by atoms with E-state index in [-0.39, 0.29) is 100 Å². The zero-order valence-corrected chi connectivity index (χ0v) is 44.5. The fraction of sp³-hybridized carbons (Fsp3) is 0.491. The molecule has 1 aliphatic carbocycles. The maximum Gasteiger partial charge on any atom is 0.329 e. The molecule has 4 atom stereocenters. The number of aliphatic hydroxyl groups is 1. The molecule has 4 fully saturated rings. The van der Waals surface area contributed by atoms with E-state index in [9.17, 15) is 24.3 Å². The van der Waals surface area contributed by atoms with Gasteiger partial charge < -0.3 is 35.4 Å². The molecular weight excluding hydrogens is 1020 g/mol. The molecule has 1 aromatic heterocycles. The highest BCUT2D eigenvalue weighted by Crippen LogP contribution is 2.57. The van der Waals surface area contributed by atoms with Crippen LogP contribution < -0.4 is 30.7 Å². The van der Waals surface area contributed by atoms with Crippen molar-refractivity contribution in [3.8, 4) is 22.6 Å². The van der Waals surface area contributed by atoms with Crippen LogP contribution in [0.1, 0.15) is 111 Å². The van der Waals surface area contributed by atoms with Crippen LogP contribution >= 0.6 is 11.6 Å². The number of urea groups is 1. The number of imide groups is 1. The Labute approximate surface area is 449 Å². The molecule has 77 heavy (non-hydrogen) atoms. The second kappa shape index (κ2) is 21.5. The summed E-state index contributed by atoms with van der Waals surface area (Å²) in [4.78, 5) is 57.2. The van der Waals surface area contributed by atoms with Crippen LogP contribution in [0, 0.1) is 40.5 Å². The number of aromatic nitrogens is 2. The first-order valence-corrected chi connectivity index (χ1v) is 27.1. The van der Waals surface area contributed by atoms with Crippen molar-refractivity contribution in [2.45, 2.75) is 95.6 Å². The minimum Gasteiger partial charge on any atom is -0.488 e. The number of primary amides is 1. The minimum absolute atomic E-state index is 0.00869. The van der Waals surface area contributed by atoms with Gasteiger partial charge in [0.15, 0.2) is 28.8 Å². The van der Waals surface area contributed by atoms with Crippen LogP contribution in [0.4, 0.5) is 28.2 Å². The minimum atomic E-state index is -1.14. The van der Waals surface area contributed by atoms with Crippen LogP contribution in [0.15, 0.2) is 54.6 Å². The number of anilines is 1. The van der Waals surface area contributed by atoms with Crippen LogP contribution in [-0.4, -0.2) is 114 Å². The number of fused-ring (bicyclic) bond motifs is 2. The van der Waals surface area contributed by atoms with E-state index in [0.717, 1.165) is 24.9 Å². The Bertz CT molecular complexity index is 3130. The average molecular weight is 1090 g/mol. The van der Waals surface area contributed by atoms with Gasteiger partial charge in [0.25, 0.3) is 0 Å². The Hall–Kier alpha value is -6.28. The van der Waals surface area contributed by atoms with E-state index in [1.165, 1.54) is 33.8 Å². The summed E-state index contributed by atoms with van der Waals surface area (Å²) in [6, 6.07) is 13.8. The first kappa shape index (κ1) is 54.1. The Morgan fingerprint density at radius 2 is 1.66 bits per heavy atom. The summed E-state index contributed by atoms with van der Waals surface area (Å²) >= 11 is 6.73. The molecule has 5 heterocycles. The molecular formula is C57H65ClF4N8O7. The number of benzene rings is 4. The first-order chi connectivity index (χ1) is 36.8. The summed E-state index contributed by atoms with van der Waals surface area (Å²) in [6.45, 7) is 9.15. The molecule has 0 bridgehead atoms. The number of aryl methyl sites for hydroxylation is 1. The van der Waals surface area contributed by atoms with Crippen molar-refractivity contribution in [3.05, 3.63) is 105 Å². The lowest BCUT2D eigenvalue weighted by Crippen LogP contribution is -2.52. The van der Waals surface area contributed by atoms with Gasteiger partial charge in [-0.25, -0.2) is 22.4 Å². The van der Waals surface area contributed by atoms with Crippen molar-refractivity contribution in [3.63, 3.8) is 0 Å². The zero-order chi connectivity index (χ0) is 54.7. The van der Waals surface area contributed by atoms with Crippen LogP contribution in [0.5, 0.6) is 11.5 Å². The van der Waals surface area contributed by atoms with Gasteiger partial charge >= 0.3 is 6.03 Å². The van der Waals surface area contributed by atoms with Gasteiger partial charge in [0.2, 0.25) is 17.7 Å². The lowest BCUT2D eigenvalue weighted by molar-refractivity contribution is -0.145. The fourth-order valence-electron chi connectivity index (χ4n) is 13.0. The number of halogens is 5. The van der Waals surface area contributed by atoms with Gasteiger partial charge in [-0.3, -0.25) is 29.3 Å². The van der Waals surface area contributed by atoms with Crippen molar-refractivity contribution in [2.75, 3.05) is 63.9 Å². The SMILES string of the molecule is C[C@@H]1CN(CC2CCN(C(=O)C3(C)CCC(NC[C@]4(c5ccccc5)Oc5cc(F)c(Cl)c(-c6c(C(N)=O)ccc(OCCO)c6F)c5[C@@H]4C)CC3)CC2)CC[C@@H]1c1c(F)cc2c(N3CCC(=O)NC3=O)nn(C)c2c1F. The van der Waals surface area contributed by atoms with Crippen molar-refractivity contribution >= 4 is 52.1 Å². The number of hydrogen-bond donors (Lipinski definition) is 4. The van der Waals surface area contributed by atoms with Crippen LogP contribution in [0.3, 0.4) is 0 Å². The molecule has 410 valence electrons. The molecule has 5 aromatic rings. The van der Waals surface area contributed by atoms with Crippen LogP contribution in [0.25, 0.3) is 22.0 Å². The molecule has 4 aliphatic heterocycles. The number of nitrogens with two attached hydrogens (primary N) is 1. The molecule has 0 unspecified atom stereocenters. The van der Waals surface area contributed by atoms with Gasteiger partial charge in [0.05, 0.1) is 22.6 Å². The third-order valence-corrected chi connectivity index (χ3v) is 17.6. The monoisotopic (exact) mass is 1080 g/mol.